The van der Waals surface area contributed by atoms with Crippen molar-refractivity contribution in [3.05, 3.63) is 97.8 Å². The molecule has 41 heavy (non-hydrogen) atoms. The number of fused-ring (bicyclic) bond motifs is 1. The highest BCUT2D eigenvalue weighted by Gasteiger charge is 2.24. The van der Waals surface area contributed by atoms with Crippen molar-refractivity contribution < 1.29 is 18.5 Å². The molecule has 5 aromatic rings. The molecular weight excluding hydrogens is 533 g/mol. The molecule has 5 rings (SSSR count). The van der Waals surface area contributed by atoms with Crippen LogP contribution in [-0.2, 0) is 13.6 Å². The average Bonchev–Trinajstić information content (AvgIpc) is 3.40. The van der Waals surface area contributed by atoms with E-state index in [4.69, 9.17) is 10.3 Å². The van der Waals surface area contributed by atoms with Gasteiger partial charge >= 0.3 is 0 Å². The number of primary amides is 1. The fourth-order valence-electron chi connectivity index (χ4n) is 4.69. The van der Waals surface area contributed by atoms with Crippen LogP contribution in [0.2, 0.25) is 0 Å². The number of aryl methyl sites for hydroxylation is 3. The lowest BCUT2D eigenvalue weighted by atomic mass is 10.1. The molecule has 0 bridgehead atoms. The zero-order chi connectivity index (χ0) is 29.6. The van der Waals surface area contributed by atoms with Crippen LogP contribution in [0.25, 0.3) is 27.7 Å². The summed E-state index contributed by atoms with van der Waals surface area (Å²) in [5, 5.41) is 12.2. The van der Waals surface area contributed by atoms with Gasteiger partial charge in [0, 0.05) is 25.0 Å². The molecule has 0 saturated carbocycles. The maximum Gasteiger partial charge on any atom is 0.291 e. The number of halogens is 1. The van der Waals surface area contributed by atoms with Crippen LogP contribution in [0.4, 0.5) is 10.1 Å². The van der Waals surface area contributed by atoms with Crippen molar-refractivity contribution in [3.8, 4) is 22.9 Å². The predicted octanol–water partition coefficient (Wildman–Crippen LogP) is 2.84. The fourth-order valence-corrected chi connectivity index (χ4v) is 4.69. The molecule has 0 spiro atoms. The number of rotatable bonds is 6. The Morgan fingerprint density at radius 1 is 1.12 bits per heavy atom. The Labute approximate surface area is 230 Å². The third kappa shape index (κ3) is 4.47. The Balaban J connectivity index is 1.62. The van der Waals surface area contributed by atoms with Gasteiger partial charge < -0.3 is 15.6 Å². The smallest absolute Gasteiger partial charge is 0.291 e. The summed E-state index contributed by atoms with van der Waals surface area (Å²) in [6.45, 7) is 3.70. The van der Waals surface area contributed by atoms with Crippen LogP contribution in [0.3, 0.4) is 0 Å². The molecule has 0 unspecified atom stereocenters. The summed E-state index contributed by atoms with van der Waals surface area (Å²) in [4.78, 5) is 55.4. The number of aromatic nitrogens is 4. The van der Waals surface area contributed by atoms with Crippen LogP contribution in [0, 0.1) is 24.1 Å². The van der Waals surface area contributed by atoms with Gasteiger partial charge in [-0.1, -0.05) is 12.1 Å². The van der Waals surface area contributed by atoms with Crippen molar-refractivity contribution in [2.45, 2.75) is 20.4 Å². The Morgan fingerprint density at radius 3 is 2.46 bits per heavy atom. The van der Waals surface area contributed by atoms with E-state index in [2.05, 4.69) is 10.3 Å². The molecule has 0 aliphatic carbocycles. The standard InChI is InChI=1S/C28H22FN7O5/c1-4-35-24-19(11-14(2)32-23(24)26(38)33-16-7-10-20(29)18(12-16)25(31)37)27(39)36(35)17-8-5-15(6-9-17)22-21(13-30)41-34(3)28(22)40/h5-12H,4H2,1-3H3,(H2,31,37)(H,33,38). The first-order valence-corrected chi connectivity index (χ1v) is 12.3. The highest BCUT2D eigenvalue weighted by molar-refractivity contribution is 6.11. The minimum Gasteiger partial charge on any atom is -0.366 e. The number of hydrogen-bond acceptors (Lipinski definition) is 7. The van der Waals surface area contributed by atoms with E-state index in [0.717, 1.165) is 16.9 Å². The van der Waals surface area contributed by atoms with Crippen LogP contribution in [0.5, 0.6) is 0 Å². The van der Waals surface area contributed by atoms with Crippen molar-refractivity contribution in [1.82, 2.24) is 19.1 Å². The fraction of sp³-hybridized carbons (Fsp3) is 0.143. The molecular formula is C28H22FN7O5. The zero-order valence-corrected chi connectivity index (χ0v) is 22.1. The molecule has 0 fully saturated rings. The van der Waals surface area contributed by atoms with Crippen molar-refractivity contribution in [2.75, 3.05) is 5.32 Å². The van der Waals surface area contributed by atoms with Crippen LogP contribution in [0.15, 0.2) is 62.6 Å². The Morgan fingerprint density at radius 2 is 1.83 bits per heavy atom. The van der Waals surface area contributed by atoms with Crippen molar-refractivity contribution in [3.63, 3.8) is 0 Å². The number of carbonyl (C=O) groups is 2. The highest BCUT2D eigenvalue weighted by Crippen LogP contribution is 2.25. The number of amides is 2. The van der Waals surface area contributed by atoms with E-state index in [-0.39, 0.29) is 45.7 Å². The van der Waals surface area contributed by atoms with E-state index in [0.29, 0.717) is 16.9 Å². The second-order valence-corrected chi connectivity index (χ2v) is 9.11. The van der Waals surface area contributed by atoms with E-state index in [9.17, 15) is 28.8 Å². The number of nitriles is 1. The lowest BCUT2D eigenvalue weighted by Crippen LogP contribution is -2.21. The molecule has 12 nitrogen and oxygen atoms in total. The van der Waals surface area contributed by atoms with Crippen molar-refractivity contribution in [2.24, 2.45) is 12.8 Å². The van der Waals surface area contributed by atoms with Gasteiger partial charge in [0.2, 0.25) is 5.76 Å². The summed E-state index contributed by atoms with van der Waals surface area (Å²) in [5.74, 6) is -2.64. The van der Waals surface area contributed by atoms with Gasteiger partial charge in [0.05, 0.1) is 16.6 Å². The van der Waals surface area contributed by atoms with Gasteiger partial charge in [-0.15, -0.1) is 0 Å². The first-order chi connectivity index (χ1) is 19.5. The van der Waals surface area contributed by atoms with Gasteiger partial charge in [-0.3, -0.25) is 23.9 Å². The lowest BCUT2D eigenvalue weighted by molar-refractivity contribution is 0.0992. The normalized spacial score (nSPS) is 11.0. The van der Waals surface area contributed by atoms with Crippen LogP contribution in [0.1, 0.15) is 39.2 Å². The van der Waals surface area contributed by atoms with Crippen LogP contribution < -0.4 is 22.2 Å². The number of pyridine rings is 1. The zero-order valence-electron chi connectivity index (χ0n) is 22.1. The van der Waals surface area contributed by atoms with E-state index in [1.165, 1.54) is 17.8 Å². The highest BCUT2D eigenvalue weighted by atomic mass is 19.1. The summed E-state index contributed by atoms with van der Waals surface area (Å²) >= 11 is 0. The van der Waals surface area contributed by atoms with Gasteiger partial charge in [0.15, 0.2) is 5.69 Å². The SMILES string of the molecule is CCn1c2c(C(=O)Nc3ccc(F)c(C(N)=O)c3)nc(C)cc2c(=O)n1-c1ccc(-c2c(C#N)on(C)c2=O)cc1. The number of nitrogens with two attached hydrogens (primary N) is 1. The molecule has 13 heteroatoms. The second kappa shape index (κ2) is 10.1. The Hall–Kier alpha value is -5.77. The van der Waals surface area contributed by atoms with Gasteiger partial charge in [0.1, 0.15) is 23.0 Å². The summed E-state index contributed by atoms with van der Waals surface area (Å²) in [6, 6.07) is 13.2. The van der Waals surface area contributed by atoms with Gasteiger partial charge in [0.25, 0.3) is 22.9 Å². The molecule has 0 aliphatic heterocycles. The predicted molar refractivity (Wildman–Crippen MR) is 146 cm³/mol. The first-order valence-electron chi connectivity index (χ1n) is 12.3. The van der Waals surface area contributed by atoms with E-state index in [1.54, 1.807) is 48.9 Å². The lowest BCUT2D eigenvalue weighted by Gasteiger charge is -2.13. The van der Waals surface area contributed by atoms with Crippen molar-refractivity contribution in [1.29, 1.82) is 5.26 Å². The number of hydrogen-bond donors (Lipinski definition) is 2. The minimum atomic E-state index is -0.991. The van der Waals surface area contributed by atoms with Crippen LogP contribution in [-0.4, -0.2) is 30.9 Å². The maximum absolute atomic E-state index is 13.9. The molecule has 2 amide bonds. The Kier molecular flexibility index (Phi) is 6.60. The summed E-state index contributed by atoms with van der Waals surface area (Å²) in [5.41, 5.74) is 5.63. The number of nitrogens with zero attached hydrogens (tertiary/aromatic N) is 5. The molecule has 3 aromatic heterocycles. The van der Waals surface area contributed by atoms with Gasteiger partial charge in [-0.05, 0) is 55.8 Å². The number of nitrogens with one attached hydrogen (secondary N) is 1. The van der Waals surface area contributed by atoms with Gasteiger partial charge in [-0.2, -0.15) is 10.0 Å². The summed E-state index contributed by atoms with van der Waals surface area (Å²) in [7, 11) is 1.40. The third-order valence-corrected chi connectivity index (χ3v) is 6.50. The topological polar surface area (TPSA) is 171 Å². The number of carbonyl (C=O) groups excluding carboxylic acids is 2. The van der Waals surface area contributed by atoms with Crippen molar-refractivity contribution >= 4 is 28.4 Å². The molecule has 2 aromatic carbocycles. The second-order valence-electron chi connectivity index (χ2n) is 9.11. The van der Waals surface area contributed by atoms with Crippen LogP contribution >= 0.6 is 0 Å². The molecule has 0 atom stereocenters. The molecule has 0 aliphatic rings. The molecule has 0 saturated heterocycles. The van der Waals surface area contributed by atoms with E-state index in [1.807, 2.05) is 6.07 Å². The van der Waals surface area contributed by atoms with Gasteiger partial charge in [-0.25, -0.2) is 14.1 Å². The molecule has 3 N–H and O–H groups in total. The first kappa shape index (κ1) is 26.8. The maximum atomic E-state index is 13.9. The number of benzene rings is 2. The third-order valence-electron chi connectivity index (χ3n) is 6.50. The number of anilines is 1. The quantitative estimate of drug-likeness (QED) is 0.324. The largest absolute Gasteiger partial charge is 0.366 e. The summed E-state index contributed by atoms with van der Waals surface area (Å²) < 4.78 is 23.0. The Bertz CT molecular complexity index is 2040. The van der Waals surface area contributed by atoms with E-state index >= 15 is 0 Å². The summed E-state index contributed by atoms with van der Waals surface area (Å²) in [6.07, 6.45) is 0. The van der Waals surface area contributed by atoms with E-state index < -0.39 is 28.8 Å². The molecule has 206 valence electrons. The molecule has 0 radical (unpaired) electrons. The average molecular weight is 556 g/mol. The minimum absolute atomic E-state index is 0.0557. The molecule has 3 heterocycles. The monoisotopic (exact) mass is 555 g/mol.